The summed E-state index contributed by atoms with van der Waals surface area (Å²) in [5.74, 6) is 2.69. The molecule has 0 aromatic carbocycles. The van der Waals surface area contributed by atoms with Crippen LogP contribution in [0.1, 0.15) is 78.1 Å². The summed E-state index contributed by atoms with van der Waals surface area (Å²) in [6.45, 7) is 4.60. The van der Waals surface area contributed by atoms with Crippen LogP contribution in [0.3, 0.4) is 0 Å². The van der Waals surface area contributed by atoms with Crippen LogP contribution in [0.2, 0.25) is 0 Å². The van der Waals surface area contributed by atoms with Crippen LogP contribution in [-0.2, 0) is 4.79 Å². The molecular weight excluding hydrogens is 196 g/mol. The quantitative estimate of drug-likeness (QED) is 0.359. The van der Waals surface area contributed by atoms with Crippen molar-refractivity contribution in [1.29, 1.82) is 0 Å². The smallest absolute Gasteiger partial charge is 0.120 e. The van der Waals surface area contributed by atoms with Crippen molar-refractivity contribution in [2.45, 2.75) is 78.1 Å². The first-order chi connectivity index (χ1) is 7.77. The molecule has 94 valence electrons. The predicted octanol–water partition coefficient (Wildman–Crippen LogP) is 4.93. The van der Waals surface area contributed by atoms with Crippen molar-refractivity contribution in [3.8, 4) is 0 Å². The van der Waals surface area contributed by atoms with Crippen LogP contribution in [0.25, 0.3) is 0 Å². The third kappa shape index (κ3) is 13.4. The van der Waals surface area contributed by atoms with Crippen molar-refractivity contribution < 1.29 is 4.79 Å². The second-order valence-electron chi connectivity index (χ2n) is 5.12. The van der Waals surface area contributed by atoms with Crippen molar-refractivity contribution in [1.82, 2.24) is 0 Å². The van der Waals surface area contributed by atoms with Crippen molar-refractivity contribution in [3.63, 3.8) is 0 Å². The maximum absolute atomic E-state index is 9.91. The van der Waals surface area contributed by atoms with Crippen LogP contribution in [-0.4, -0.2) is 5.94 Å². The first-order valence-corrected chi connectivity index (χ1v) is 6.96. The summed E-state index contributed by atoms with van der Waals surface area (Å²) >= 11 is 0. The lowest BCUT2D eigenvalue weighted by Crippen LogP contribution is -1.87. The minimum absolute atomic E-state index is 0.867. The van der Waals surface area contributed by atoms with Gasteiger partial charge in [-0.1, -0.05) is 65.2 Å². The molecule has 0 radical (unpaired) electrons. The summed E-state index contributed by atoms with van der Waals surface area (Å²) in [6.07, 6.45) is 14.6. The van der Waals surface area contributed by atoms with Crippen LogP contribution in [0, 0.1) is 5.92 Å². The van der Waals surface area contributed by atoms with Crippen molar-refractivity contribution >= 4 is 5.94 Å². The van der Waals surface area contributed by atoms with Gasteiger partial charge < -0.3 is 0 Å². The average Bonchev–Trinajstić information content (AvgIpc) is 2.25. The van der Waals surface area contributed by atoms with E-state index in [1.54, 1.807) is 6.08 Å². The van der Waals surface area contributed by atoms with Gasteiger partial charge in [0.1, 0.15) is 5.94 Å². The normalized spacial score (nSPS) is 10.4. The fraction of sp³-hybridized carbons (Fsp3) is 0.867. The molecule has 0 rings (SSSR count). The molecule has 0 atom stereocenters. The molecule has 0 N–H and O–H groups in total. The molecule has 1 nitrogen and oxygen atoms in total. The van der Waals surface area contributed by atoms with Gasteiger partial charge in [-0.3, -0.25) is 0 Å². The van der Waals surface area contributed by atoms with Gasteiger partial charge >= 0.3 is 0 Å². The molecule has 0 saturated carbocycles. The maximum Gasteiger partial charge on any atom is 0.120 e. The SMILES string of the molecule is CC(C)CCCCCCCCCCC=C=O. The van der Waals surface area contributed by atoms with E-state index in [1.165, 1.54) is 51.4 Å². The molecule has 0 heterocycles. The Kier molecular flexibility index (Phi) is 12.1. The Morgan fingerprint density at radius 1 is 0.875 bits per heavy atom. The van der Waals surface area contributed by atoms with E-state index in [-0.39, 0.29) is 0 Å². The van der Waals surface area contributed by atoms with Gasteiger partial charge in [0.25, 0.3) is 0 Å². The predicted molar refractivity (Wildman–Crippen MR) is 71.3 cm³/mol. The fourth-order valence-electron chi connectivity index (χ4n) is 1.92. The highest BCUT2D eigenvalue weighted by Crippen LogP contribution is 2.12. The van der Waals surface area contributed by atoms with Crippen molar-refractivity contribution in [2.75, 3.05) is 0 Å². The molecule has 0 aliphatic rings. The van der Waals surface area contributed by atoms with Gasteiger partial charge in [-0.2, -0.15) is 0 Å². The van der Waals surface area contributed by atoms with Crippen LogP contribution in [0.4, 0.5) is 0 Å². The minimum atomic E-state index is 0.867. The zero-order valence-electron chi connectivity index (χ0n) is 11.1. The fourth-order valence-corrected chi connectivity index (χ4v) is 1.92. The van der Waals surface area contributed by atoms with E-state index in [0.717, 1.165) is 18.8 Å². The second-order valence-corrected chi connectivity index (χ2v) is 5.12. The lowest BCUT2D eigenvalue weighted by Gasteiger charge is -2.04. The number of rotatable bonds is 11. The van der Waals surface area contributed by atoms with E-state index in [0.29, 0.717) is 0 Å². The number of hydrogen-bond acceptors (Lipinski definition) is 1. The number of allylic oxidation sites excluding steroid dienone is 1. The summed E-state index contributed by atoms with van der Waals surface area (Å²) in [4.78, 5) is 9.91. The third-order valence-electron chi connectivity index (χ3n) is 2.96. The summed E-state index contributed by atoms with van der Waals surface area (Å²) in [5, 5.41) is 0. The van der Waals surface area contributed by atoms with Gasteiger partial charge in [0.05, 0.1) is 0 Å². The maximum atomic E-state index is 9.91. The van der Waals surface area contributed by atoms with E-state index in [1.807, 2.05) is 5.94 Å². The van der Waals surface area contributed by atoms with Gasteiger partial charge in [0.15, 0.2) is 0 Å². The summed E-state index contributed by atoms with van der Waals surface area (Å²) < 4.78 is 0. The van der Waals surface area contributed by atoms with E-state index in [4.69, 9.17) is 0 Å². The zero-order chi connectivity index (χ0) is 12.1. The first kappa shape index (κ1) is 15.4. The Labute approximate surface area is 101 Å². The lowest BCUT2D eigenvalue weighted by atomic mass is 10.0. The third-order valence-corrected chi connectivity index (χ3v) is 2.96. The second kappa shape index (κ2) is 12.5. The number of hydrogen-bond donors (Lipinski definition) is 0. The highest BCUT2D eigenvalue weighted by Gasteiger charge is 1.94. The van der Waals surface area contributed by atoms with Crippen LogP contribution in [0.5, 0.6) is 0 Å². The van der Waals surface area contributed by atoms with Crippen LogP contribution < -0.4 is 0 Å². The molecule has 0 aromatic heterocycles. The standard InChI is InChI=1S/C15H28O/c1-15(2)13-11-9-7-5-3-4-6-8-10-12-14-16/h12,15H,3-11,13H2,1-2H3. The Morgan fingerprint density at radius 3 is 1.88 bits per heavy atom. The minimum Gasteiger partial charge on any atom is -0.234 e. The molecule has 0 amide bonds. The molecule has 0 aliphatic carbocycles. The van der Waals surface area contributed by atoms with Gasteiger partial charge in [0, 0.05) is 0 Å². The van der Waals surface area contributed by atoms with E-state index in [9.17, 15) is 4.79 Å². The molecule has 0 saturated heterocycles. The zero-order valence-corrected chi connectivity index (χ0v) is 11.1. The molecule has 0 spiro atoms. The summed E-state index contributed by atoms with van der Waals surface area (Å²) in [6, 6.07) is 0. The Hall–Kier alpha value is -0.550. The Bertz CT molecular complexity index is 178. The lowest BCUT2D eigenvalue weighted by molar-refractivity contribution is 0.507. The van der Waals surface area contributed by atoms with E-state index >= 15 is 0 Å². The monoisotopic (exact) mass is 224 g/mol. The van der Waals surface area contributed by atoms with Gasteiger partial charge in [-0.15, -0.1) is 0 Å². The molecule has 0 aliphatic heterocycles. The Morgan fingerprint density at radius 2 is 1.38 bits per heavy atom. The molecule has 0 fully saturated rings. The van der Waals surface area contributed by atoms with E-state index in [2.05, 4.69) is 13.8 Å². The van der Waals surface area contributed by atoms with Crippen molar-refractivity contribution in [3.05, 3.63) is 6.08 Å². The highest BCUT2D eigenvalue weighted by atomic mass is 16.1. The molecule has 0 aromatic rings. The largest absolute Gasteiger partial charge is 0.234 e. The first-order valence-electron chi connectivity index (χ1n) is 6.96. The van der Waals surface area contributed by atoms with E-state index < -0.39 is 0 Å². The topological polar surface area (TPSA) is 17.1 Å². The van der Waals surface area contributed by atoms with Crippen LogP contribution in [0.15, 0.2) is 6.08 Å². The Balaban J connectivity index is 2.96. The highest BCUT2D eigenvalue weighted by molar-refractivity contribution is 5.44. The number of carbonyl (C=O) groups excluding carboxylic acids is 1. The molecule has 0 bridgehead atoms. The molecule has 1 heteroatoms. The van der Waals surface area contributed by atoms with Gasteiger partial charge in [0.2, 0.25) is 0 Å². The van der Waals surface area contributed by atoms with Gasteiger partial charge in [-0.05, 0) is 24.8 Å². The average molecular weight is 224 g/mol. The molecule has 16 heavy (non-hydrogen) atoms. The summed E-state index contributed by atoms with van der Waals surface area (Å²) in [5.41, 5.74) is 0. The molecular formula is C15H28O. The van der Waals surface area contributed by atoms with Gasteiger partial charge in [-0.25, -0.2) is 4.79 Å². The number of unbranched alkanes of at least 4 members (excludes halogenated alkanes) is 8. The van der Waals surface area contributed by atoms with Crippen LogP contribution >= 0.6 is 0 Å². The molecule has 0 unspecified atom stereocenters. The van der Waals surface area contributed by atoms with Crippen molar-refractivity contribution in [2.24, 2.45) is 5.92 Å². The summed E-state index contributed by atoms with van der Waals surface area (Å²) in [7, 11) is 0.